The van der Waals surface area contributed by atoms with Crippen molar-refractivity contribution in [2.75, 3.05) is 13.2 Å². The van der Waals surface area contributed by atoms with Gasteiger partial charge in [-0.2, -0.15) is 0 Å². The second-order valence-corrected chi connectivity index (χ2v) is 5.95. The predicted molar refractivity (Wildman–Crippen MR) is 74.3 cm³/mol. The maximum Gasteiger partial charge on any atom is 0.324 e. The Morgan fingerprint density at radius 2 is 2.26 bits per heavy atom. The van der Waals surface area contributed by atoms with Crippen molar-refractivity contribution >= 4 is 5.97 Å². The van der Waals surface area contributed by atoms with Gasteiger partial charge in [0.05, 0.1) is 6.10 Å². The van der Waals surface area contributed by atoms with Gasteiger partial charge in [-0.25, -0.2) is 0 Å². The van der Waals surface area contributed by atoms with E-state index in [-0.39, 0.29) is 0 Å². The molecule has 0 aliphatic carbocycles. The van der Waals surface area contributed by atoms with Crippen LogP contribution in [0.2, 0.25) is 0 Å². The Labute approximate surface area is 116 Å². The molecule has 4 nitrogen and oxygen atoms in total. The van der Waals surface area contributed by atoms with Crippen molar-refractivity contribution in [2.45, 2.75) is 76.5 Å². The van der Waals surface area contributed by atoms with Gasteiger partial charge in [-0.3, -0.25) is 9.69 Å². The van der Waals surface area contributed by atoms with Crippen molar-refractivity contribution in [1.82, 2.24) is 4.90 Å². The molecule has 2 fully saturated rings. The van der Waals surface area contributed by atoms with Gasteiger partial charge in [0.25, 0.3) is 0 Å². The molecule has 0 aromatic rings. The SMILES string of the molecule is CCCC1CC(N2CCCC2(CC)C(=O)O)CCO1. The van der Waals surface area contributed by atoms with E-state index in [2.05, 4.69) is 11.8 Å². The average molecular weight is 269 g/mol. The van der Waals surface area contributed by atoms with E-state index in [4.69, 9.17) is 4.74 Å². The Morgan fingerprint density at radius 1 is 1.47 bits per heavy atom. The molecule has 2 saturated heterocycles. The summed E-state index contributed by atoms with van der Waals surface area (Å²) < 4.78 is 5.80. The number of carboxylic acids is 1. The Morgan fingerprint density at radius 3 is 2.89 bits per heavy atom. The van der Waals surface area contributed by atoms with E-state index in [0.717, 1.165) is 51.7 Å². The van der Waals surface area contributed by atoms with Gasteiger partial charge in [0.1, 0.15) is 5.54 Å². The molecule has 3 atom stereocenters. The second kappa shape index (κ2) is 6.23. The normalized spacial score (nSPS) is 36.5. The summed E-state index contributed by atoms with van der Waals surface area (Å²) in [6.45, 7) is 5.90. The van der Waals surface area contributed by atoms with Gasteiger partial charge in [0.2, 0.25) is 0 Å². The Balaban J connectivity index is 2.09. The predicted octanol–water partition coefficient (Wildman–Crippen LogP) is 2.66. The highest BCUT2D eigenvalue weighted by molar-refractivity contribution is 5.79. The molecule has 2 heterocycles. The highest BCUT2D eigenvalue weighted by atomic mass is 16.5. The third kappa shape index (κ3) is 2.79. The first-order chi connectivity index (χ1) is 9.14. The van der Waals surface area contributed by atoms with E-state index in [9.17, 15) is 9.90 Å². The fourth-order valence-electron chi connectivity index (χ4n) is 3.86. The largest absolute Gasteiger partial charge is 0.480 e. The van der Waals surface area contributed by atoms with Crippen LogP contribution >= 0.6 is 0 Å². The Hall–Kier alpha value is -0.610. The zero-order valence-corrected chi connectivity index (χ0v) is 12.2. The third-order valence-electron chi connectivity index (χ3n) is 4.91. The first-order valence-corrected chi connectivity index (χ1v) is 7.75. The zero-order valence-electron chi connectivity index (χ0n) is 12.2. The number of ether oxygens (including phenoxy) is 1. The molecule has 1 N–H and O–H groups in total. The number of carboxylic acid groups (broad SMARTS) is 1. The summed E-state index contributed by atoms with van der Waals surface area (Å²) in [4.78, 5) is 14.0. The standard InChI is InChI=1S/C15H27NO3/c1-3-6-13-11-12(7-10-19-13)16-9-5-8-15(16,4-2)14(17)18/h12-13H,3-11H2,1-2H3,(H,17,18). The molecule has 2 aliphatic heterocycles. The zero-order chi connectivity index (χ0) is 13.9. The fourth-order valence-corrected chi connectivity index (χ4v) is 3.86. The van der Waals surface area contributed by atoms with E-state index in [1.807, 2.05) is 6.92 Å². The first-order valence-electron chi connectivity index (χ1n) is 7.75. The van der Waals surface area contributed by atoms with Crippen molar-refractivity contribution in [2.24, 2.45) is 0 Å². The molecule has 4 heteroatoms. The topological polar surface area (TPSA) is 49.8 Å². The molecule has 2 aliphatic rings. The minimum absolute atomic E-state index is 0.327. The lowest BCUT2D eigenvalue weighted by atomic mass is 9.89. The van der Waals surface area contributed by atoms with Gasteiger partial charge >= 0.3 is 5.97 Å². The van der Waals surface area contributed by atoms with Gasteiger partial charge in [0, 0.05) is 12.6 Å². The van der Waals surface area contributed by atoms with Crippen molar-refractivity contribution in [3.05, 3.63) is 0 Å². The number of aliphatic carboxylic acids is 1. The van der Waals surface area contributed by atoms with Crippen molar-refractivity contribution < 1.29 is 14.6 Å². The lowest BCUT2D eigenvalue weighted by Crippen LogP contribution is -2.56. The van der Waals surface area contributed by atoms with Gasteiger partial charge in [-0.15, -0.1) is 0 Å². The van der Waals surface area contributed by atoms with Crippen LogP contribution in [0.4, 0.5) is 0 Å². The van der Waals surface area contributed by atoms with Crippen LogP contribution in [-0.2, 0) is 9.53 Å². The van der Waals surface area contributed by atoms with Crippen LogP contribution in [0.3, 0.4) is 0 Å². The van der Waals surface area contributed by atoms with Crippen LogP contribution in [0.15, 0.2) is 0 Å². The number of hydrogen-bond donors (Lipinski definition) is 1. The van der Waals surface area contributed by atoms with Crippen LogP contribution in [0.1, 0.15) is 58.8 Å². The number of rotatable bonds is 5. The van der Waals surface area contributed by atoms with E-state index in [1.54, 1.807) is 0 Å². The minimum atomic E-state index is -0.633. The first kappa shape index (κ1) is 14.8. The third-order valence-corrected chi connectivity index (χ3v) is 4.91. The van der Waals surface area contributed by atoms with E-state index in [0.29, 0.717) is 18.6 Å². The van der Waals surface area contributed by atoms with Crippen molar-refractivity contribution in [1.29, 1.82) is 0 Å². The monoisotopic (exact) mass is 269 g/mol. The average Bonchev–Trinajstić information content (AvgIpc) is 2.84. The lowest BCUT2D eigenvalue weighted by Gasteiger charge is -2.43. The fraction of sp³-hybridized carbons (Fsp3) is 0.933. The quantitative estimate of drug-likeness (QED) is 0.833. The van der Waals surface area contributed by atoms with Crippen LogP contribution in [0.5, 0.6) is 0 Å². The van der Waals surface area contributed by atoms with Crippen LogP contribution in [0.25, 0.3) is 0 Å². The molecule has 0 amide bonds. The maximum atomic E-state index is 11.7. The molecule has 2 rings (SSSR count). The molecule has 3 unspecified atom stereocenters. The van der Waals surface area contributed by atoms with Crippen LogP contribution in [-0.4, -0.2) is 46.8 Å². The molecule has 0 radical (unpaired) electrons. The summed E-state index contributed by atoms with van der Waals surface area (Å²) in [5.74, 6) is -0.633. The summed E-state index contributed by atoms with van der Waals surface area (Å²) in [5.41, 5.74) is -0.612. The number of hydrogen-bond acceptors (Lipinski definition) is 3. The number of carbonyl (C=O) groups is 1. The van der Waals surface area contributed by atoms with E-state index in [1.165, 1.54) is 0 Å². The Bertz CT molecular complexity index is 319. The van der Waals surface area contributed by atoms with E-state index >= 15 is 0 Å². The van der Waals surface area contributed by atoms with Gasteiger partial charge in [-0.1, -0.05) is 20.3 Å². The molecular formula is C15H27NO3. The van der Waals surface area contributed by atoms with Gasteiger partial charge in [0.15, 0.2) is 0 Å². The van der Waals surface area contributed by atoms with Crippen LogP contribution in [0, 0.1) is 0 Å². The summed E-state index contributed by atoms with van der Waals surface area (Å²) in [7, 11) is 0. The molecule has 0 saturated carbocycles. The molecular weight excluding hydrogens is 242 g/mol. The summed E-state index contributed by atoms with van der Waals surface area (Å²) in [6, 6.07) is 0.392. The maximum absolute atomic E-state index is 11.7. The highest BCUT2D eigenvalue weighted by Gasteiger charge is 2.49. The van der Waals surface area contributed by atoms with E-state index < -0.39 is 11.5 Å². The van der Waals surface area contributed by atoms with Crippen LogP contribution < -0.4 is 0 Å². The number of nitrogens with zero attached hydrogens (tertiary/aromatic N) is 1. The number of likely N-dealkylation sites (tertiary alicyclic amines) is 1. The molecule has 19 heavy (non-hydrogen) atoms. The molecule has 0 aromatic carbocycles. The van der Waals surface area contributed by atoms with Crippen molar-refractivity contribution in [3.8, 4) is 0 Å². The molecule has 0 aromatic heterocycles. The lowest BCUT2D eigenvalue weighted by molar-refractivity contribution is -0.153. The second-order valence-electron chi connectivity index (χ2n) is 5.95. The summed E-state index contributed by atoms with van der Waals surface area (Å²) >= 11 is 0. The van der Waals surface area contributed by atoms with Gasteiger partial charge < -0.3 is 9.84 Å². The minimum Gasteiger partial charge on any atom is -0.480 e. The van der Waals surface area contributed by atoms with Gasteiger partial charge in [-0.05, 0) is 45.1 Å². The highest BCUT2D eigenvalue weighted by Crippen LogP contribution is 2.38. The molecule has 110 valence electrons. The smallest absolute Gasteiger partial charge is 0.324 e. The van der Waals surface area contributed by atoms with Crippen molar-refractivity contribution in [3.63, 3.8) is 0 Å². The summed E-state index contributed by atoms with van der Waals surface area (Å²) in [5, 5.41) is 9.66. The molecule has 0 spiro atoms. The molecule has 0 bridgehead atoms. The summed E-state index contributed by atoms with van der Waals surface area (Å²) in [6.07, 6.45) is 7.06. The Kier molecular flexibility index (Phi) is 4.85.